The Morgan fingerprint density at radius 1 is 1.18 bits per heavy atom. The van der Waals surface area contributed by atoms with Crippen LogP contribution in [0.5, 0.6) is 0 Å². The van der Waals surface area contributed by atoms with E-state index in [1.54, 1.807) is 14.2 Å². The Bertz CT molecular complexity index is 152. The lowest BCUT2D eigenvalue weighted by Gasteiger charge is -2.34. The molecule has 0 amide bonds. The van der Waals surface area contributed by atoms with Crippen LogP contribution in [0.2, 0.25) is 0 Å². The average molecular weight is 156 g/mol. The second kappa shape index (κ2) is 2.46. The molecule has 0 aromatic carbocycles. The van der Waals surface area contributed by atoms with Gasteiger partial charge < -0.3 is 9.47 Å². The number of hydrogen-bond acceptors (Lipinski definition) is 2. The van der Waals surface area contributed by atoms with Gasteiger partial charge in [-0.2, -0.15) is 0 Å². The topological polar surface area (TPSA) is 18.5 Å². The number of hydrogen-bond donors (Lipinski definition) is 0. The van der Waals surface area contributed by atoms with E-state index in [2.05, 4.69) is 0 Å². The predicted molar refractivity (Wildman–Crippen MR) is 42.2 cm³/mol. The Kier molecular flexibility index (Phi) is 1.69. The SMILES string of the molecule is COC1(OC)CC2CCC1C2. The maximum atomic E-state index is 5.46. The molecule has 0 N–H and O–H groups in total. The molecule has 2 aliphatic carbocycles. The van der Waals surface area contributed by atoms with Crippen LogP contribution in [0, 0.1) is 11.8 Å². The first-order chi connectivity index (χ1) is 5.30. The summed E-state index contributed by atoms with van der Waals surface area (Å²) in [4.78, 5) is 0. The normalized spacial score (nSPS) is 39.8. The fraction of sp³-hybridized carbons (Fsp3) is 1.00. The van der Waals surface area contributed by atoms with Crippen LogP contribution in [0.25, 0.3) is 0 Å². The van der Waals surface area contributed by atoms with Crippen LogP contribution in [-0.4, -0.2) is 20.0 Å². The summed E-state index contributed by atoms with van der Waals surface area (Å²) >= 11 is 0. The summed E-state index contributed by atoms with van der Waals surface area (Å²) in [7, 11) is 3.54. The number of fused-ring (bicyclic) bond motifs is 2. The van der Waals surface area contributed by atoms with Gasteiger partial charge in [0.25, 0.3) is 0 Å². The van der Waals surface area contributed by atoms with Gasteiger partial charge in [-0.25, -0.2) is 0 Å². The lowest BCUT2D eigenvalue weighted by atomic mass is 9.94. The monoisotopic (exact) mass is 156 g/mol. The molecule has 0 radical (unpaired) electrons. The largest absolute Gasteiger partial charge is 0.353 e. The third-order valence-corrected chi connectivity index (χ3v) is 3.43. The molecule has 0 spiro atoms. The highest BCUT2D eigenvalue weighted by atomic mass is 16.7. The van der Waals surface area contributed by atoms with Crippen molar-refractivity contribution in [3.05, 3.63) is 0 Å². The van der Waals surface area contributed by atoms with E-state index in [1.165, 1.54) is 19.3 Å². The maximum absolute atomic E-state index is 5.46. The minimum atomic E-state index is -0.205. The molecular weight excluding hydrogens is 140 g/mol. The van der Waals surface area contributed by atoms with Gasteiger partial charge in [0.15, 0.2) is 5.79 Å². The first-order valence-electron chi connectivity index (χ1n) is 4.41. The molecule has 2 heteroatoms. The summed E-state index contributed by atoms with van der Waals surface area (Å²) in [6, 6.07) is 0. The standard InChI is InChI=1S/C9H16O2/c1-10-9(11-2)6-7-3-4-8(9)5-7/h7-8H,3-6H2,1-2H3. The Morgan fingerprint density at radius 2 is 1.91 bits per heavy atom. The van der Waals surface area contributed by atoms with Gasteiger partial charge in [-0.15, -0.1) is 0 Å². The second-order valence-corrected chi connectivity index (χ2v) is 3.80. The van der Waals surface area contributed by atoms with Gasteiger partial charge >= 0.3 is 0 Å². The minimum absolute atomic E-state index is 0.205. The van der Waals surface area contributed by atoms with E-state index in [9.17, 15) is 0 Å². The van der Waals surface area contributed by atoms with E-state index in [4.69, 9.17) is 9.47 Å². The number of methoxy groups -OCH3 is 2. The lowest BCUT2D eigenvalue weighted by Crippen LogP contribution is -2.39. The summed E-state index contributed by atoms with van der Waals surface area (Å²) in [6.45, 7) is 0. The zero-order valence-corrected chi connectivity index (χ0v) is 7.30. The first-order valence-corrected chi connectivity index (χ1v) is 4.41. The van der Waals surface area contributed by atoms with Crippen molar-refractivity contribution in [1.82, 2.24) is 0 Å². The zero-order chi connectivity index (χ0) is 7.90. The van der Waals surface area contributed by atoms with E-state index in [-0.39, 0.29) is 5.79 Å². The molecule has 2 aliphatic rings. The summed E-state index contributed by atoms with van der Waals surface area (Å²) in [5, 5.41) is 0. The number of rotatable bonds is 2. The first kappa shape index (κ1) is 7.56. The molecule has 2 fully saturated rings. The van der Waals surface area contributed by atoms with Gasteiger partial charge in [0.1, 0.15) is 0 Å². The van der Waals surface area contributed by atoms with Crippen molar-refractivity contribution >= 4 is 0 Å². The lowest BCUT2D eigenvalue weighted by molar-refractivity contribution is -0.235. The second-order valence-electron chi connectivity index (χ2n) is 3.80. The van der Waals surface area contributed by atoms with Crippen molar-refractivity contribution < 1.29 is 9.47 Å². The quantitative estimate of drug-likeness (QED) is 0.567. The summed E-state index contributed by atoms with van der Waals surface area (Å²) in [5.74, 6) is 1.34. The molecule has 64 valence electrons. The molecule has 0 heterocycles. The van der Waals surface area contributed by atoms with E-state index in [0.717, 1.165) is 12.3 Å². The minimum Gasteiger partial charge on any atom is -0.353 e. The molecule has 0 saturated heterocycles. The highest BCUT2D eigenvalue weighted by Crippen LogP contribution is 2.52. The van der Waals surface area contributed by atoms with Crippen LogP contribution in [0.1, 0.15) is 25.7 Å². The van der Waals surface area contributed by atoms with Crippen LogP contribution in [0.3, 0.4) is 0 Å². The fourth-order valence-electron chi connectivity index (χ4n) is 2.81. The van der Waals surface area contributed by atoms with Gasteiger partial charge in [-0.1, -0.05) is 0 Å². The van der Waals surface area contributed by atoms with Crippen LogP contribution in [0.4, 0.5) is 0 Å². The zero-order valence-electron chi connectivity index (χ0n) is 7.30. The van der Waals surface area contributed by atoms with Crippen LogP contribution < -0.4 is 0 Å². The summed E-state index contributed by atoms with van der Waals surface area (Å²) < 4.78 is 10.9. The fourth-order valence-corrected chi connectivity index (χ4v) is 2.81. The number of ether oxygens (including phenoxy) is 2. The van der Waals surface area contributed by atoms with Crippen molar-refractivity contribution in [2.24, 2.45) is 11.8 Å². The average Bonchev–Trinajstić information content (AvgIpc) is 2.62. The molecule has 2 nitrogen and oxygen atoms in total. The maximum Gasteiger partial charge on any atom is 0.170 e. The van der Waals surface area contributed by atoms with Gasteiger partial charge in [0.05, 0.1) is 0 Å². The summed E-state index contributed by atoms with van der Waals surface area (Å²) in [6.07, 6.45) is 5.12. The Morgan fingerprint density at radius 3 is 2.18 bits per heavy atom. The van der Waals surface area contributed by atoms with E-state index < -0.39 is 0 Å². The van der Waals surface area contributed by atoms with Crippen LogP contribution in [0.15, 0.2) is 0 Å². The molecule has 2 saturated carbocycles. The van der Waals surface area contributed by atoms with E-state index >= 15 is 0 Å². The molecule has 0 aromatic rings. The smallest absolute Gasteiger partial charge is 0.170 e. The van der Waals surface area contributed by atoms with Crippen molar-refractivity contribution in [3.8, 4) is 0 Å². The molecule has 2 rings (SSSR count). The summed E-state index contributed by atoms with van der Waals surface area (Å²) in [5.41, 5.74) is 0. The predicted octanol–water partition coefficient (Wildman–Crippen LogP) is 1.80. The molecule has 0 aliphatic heterocycles. The third kappa shape index (κ3) is 0.926. The van der Waals surface area contributed by atoms with E-state index in [0.29, 0.717) is 5.92 Å². The molecule has 0 aromatic heterocycles. The molecular formula is C9H16O2. The molecule has 2 unspecified atom stereocenters. The van der Waals surface area contributed by atoms with Crippen molar-refractivity contribution in [1.29, 1.82) is 0 Å². The molecule has 2 bridgehead atoms. The van der Waals surface area contributed by atoms with Gasteiger partial charge in [-0.05, 0) is 25.2 Å². The van der Waals surface area contributed by atoms with Gasteiger partial charge in [-0.3, -0.25) is 0 Å². The van der Waals surface area contributed by atoms with E-state index in [1.807, 2.05) is 0 Å². The van der Waals surface area contributed by atoms with Crippen molar-refractivity contribution in [2.75, 3.05) is 14.2 Å². The Balaban J connectivity index is 2.14. The van der Waals surface area contributed by atoms with Crippen LogP contribution >= 0.6 is 0 Å². The van der Waals surface area contributed by atoms with Gasteiger partial charge in [0.2, 0.25) is 0 Å². The third-order valence-electron chi connectivity index (χ3n) is 3.43. The Labute approximate surface area is 67.9 Å². The van der Waals surface area contributed by atoms with Gasteiger partial charge in [0, 0.05) is 26.6 Å². The van der Waals surface area contributed by atoms with Crippen molar-refractivity contribution in [2.45, 2.75) is 31.5 Å². The highest BCUT2D eigenvalue weighted by molar-refractivity contribution is 4.96. The molecule has 2 atom stereocenters. The van der Waals surface area contributed by atoms with Crippen molar-refractivity contribution in [3.63, 3.8) is 0 Å². The molecule has 11 heavy (non-hydrogen) atoms. The highest BCUT2D eigenvalue weighted by Gasteiger charge is 2.51. The van der Waals surface area contributed by atoms with Crippen LogP contribution in [-0.2, 0) is 9.47 Å². The Hall–Kier alpha value is -0.0800.